The number of halogens is 1. The number of hydrogen-bond acceptors (Lipinski definition) is 5. The highest BCUT2D eigenvalue weighted by Gasteiger charge is 2.38. The second kappa shape index (κ2) is 7.17. The molecule has 2 aromatic rings. The van der Waals surface area contributed by atoms with E-state index in [9.17, 15) is 14.4 Å². The summed E-state index contributed by atoms with van der Waals surface area (Å²) < 4.78 is 10.4. The Morgan fingerprint density at radius 3 is 2.08 bits per heavy atom. The van der Waals surface area contributed by atoms with E-state index in [4.69, 9.17) is 21.1 Å². The van der Waals surface area contributed by atoms with Crippen molar-refractivity contribution in [1.82, 2.24) is 4.90 Å². The number of carbonyl (C=O) groups excluding carboxylic acids is 3. The van der Waals surface area contributed by atoms with Gasteiger partial charge in [-0.1, -0.05) is 18.2 Å². The SMILES string of the molecule is COc1ccc(C(CN2C(=O)c3ccccc3C2=O)C(=O)Cl)cc1OC. The van der Waals surface area contributed by atoms with Crippen molar-refractivity contribution >= 4 is 28.7 Å². The molecule has 0 saturated heterocycles. The van der Waals surface area contributed by atoms with Crippen LogP contribution in [0.3, 0.4) is 0 Å². The normalized spacial score (nSPS) is 14.2. The molecular weight excluding hydrogens is 358 g/mol. The highest BCUT2D eigenvalue weighted by molar-refractivity contribution is 6.64. The fourth-order valence-electron chi connectivity index (χ4n) is 2.97. The van der Waals surface area contributed by atoms with Gasteiger partial charge < -0.3 is 9.47 Å². The van der Waals surface area contributed by atoms with Crippen LogP contribution in [0.5, 0.6) is 11.5 Å². The third-order valence-electron chi connectivity index (χ3n) is 4.33. The van der Waals surface area contributed by atoms with Crippen molar-refractivity contribution in [2.24, 2.45) is 0 Å². The first-order chi connectivity index (χ1) is 12.5. The topological polar surface area (TPSA) is 72.9 Å². The van der Waals surface area contributed by atoms with E-state index in [0.29, 0.717) is 28.2 Å². The highest BCUT2D eigenvalue weighted by atomic mass is 35.5. The van der Waals surface area contributed by atoms with Gasteiger partial charge in [0.15, 0.2) is 11.5 Å². The minimum Gasteiger partial charge on any atom is -0.493 e. The van der Waals surface area contributed by atoms with Gasteiger partial charge in [-0.15, -0.1) is 0 Å². The molecule has 26 heavy (non-hydrogen) atoms. The average Bonchev–Trinajstić information content (AvgIpc) is 2.90. The van der Waals surface area contributed by atoms with Crippen LogP contribution in [-0.4, -0.2) is 42.7 Å². The van der Waals surface area contributed by atoms with Gasteiger partial charge in [-0.05, 0) is 41.4 Å². The maximum Gasteiger partial charge on any atom is 0.261 e. The summed E-state index contributed by atoms with van der Waals surface area (Å²) in [6.45, 7) is -0.149. The lowest BCUT2D eigenvalue weighted by Gasteiger charge is -2.21. The minimum atomic E-state index is -0.876. The van der Waals surface area contributed by atoms with E-state index in [2.05, 4.69) is 0 Å². The molecule has 0 radical (unpaired) electrons. The van der Waals surface area contributed by atoms with Crippen LogP contribution >= 0.6 is 11.6 Å². The molecule has 0 fully saturated rings. The number of ether oxygens (including phenoxy) is 2. The van der Waals surface area contributed by atoms with E-state index in [1.807, 2.05) is 0 Å². The van der Waals surface area contributed by atoms with Crippen molar-refractivity contribution in [3.63, 3.8) is 0 Å². The van der Waals surface area contributed by atoms with Crippen molar-refractivity contribution in [1.29, 1.82) is 0 Å². The second-order valence-electron chi connectivity index (χ2n) is 5.74. The first-order valence-corrected chi connectivity index (χ1v) is 8.22. The van der Waals surface area contributed by atoms with Crippen LogP contribution in [-0.2, 0) is 4.79 Å². The molecule has 0 saturated carbocycles. The van der Waals surface area contributed by atoms with Gasteiger partial charge in [0.25, 0.3) is 11.8 Å². The van der Waals surface area contributed by atoms with E-state index >= 15 is 0 Å². The van der Waals surface area contributed by atoms with Crippen molar-refractivity contribution in [2.45, 2.75) is 5.92 Å². The number of imide groups is 1. The summed E-state index contributed by atoms with van der Waals surface area (Å²) in [5.74, 6) is -0.824. The van der Waals surface area contributed by atoms with Gasteiger partial charge >= 0.3 is 0 Å². The zero-order valence-corrected chi connectivity index (χ0v) is 14.9. The molecule has 134 valence electrons. The Bertz CT molecular complexity index is 860. The number of amides is 2. The summed E-state index contributed by atoms with van der Waals surface area (Å²) in [5, 5.41) is -0.672. The number of hydrogen-bond donors (Lipinski definition) is 0. The van der Waals surface area contributed by atoms with Gasteiger partial charge in [0.2, 0.25) is 5.24 Å². The molecule has 1 aliphatic rings. The molecule has 1 unspecified atom stereocenters. The maximum atomic E-state index is 12.5. The van der Waals surface area contributed by atoms with Crippen molar-refractivity contribution in [3.8, 4) is 11.5 Å². The van der Waals surface area contributed by atoms with Gasteiger partial charge in [0.1, 0.15) is 0 Å². The Balaban J connectivity index is 1.93. The fourth-order valence-corrected chi connectivity index (χ4v) is 3.16. The minimum absolute atomic E-state index is 0.149. The van der Waals surface area contributed by atoms with Crippen LogP contribution < -0.4 is 9.47 Å². The number of fused-ring (bicyclic) bond motifs is 1. The Morgan fingerprint density at radius 1 is 1.00 bits per heavy atom. The number of carbonyl (C=O) groups is 3. The van der Waals surface area contributed by atoms with Crippen LogP contribution in [0.4, 0.5) is 0 Å². The maximum absolute atomic E-state index is 12.5. The van der Waals surface area contributed by atoms with Crippen molar-refractivity contribution in [2.75, 3.05) is 20.8 Å². The zero-order valence-electron chi connectivity index (χ0n) is 14.2. The number of rotatable bonds is 6. The summed E-state index contributed by atoms with van der Waals surface area (Å²) in [7, 11) is 2.98. The molecule has 2 amide bonds. The van der Waals surface area contributed by atoms with Crippen molar-refractivity contribution in [3.05, 3.63) is 59.2 Å². The van der Waals surface area contributed by atoms with Gasteiger partial charge in [-0.2, -0.15) is 0 Å². The summed E-state index contributed by atoms with van der Waals surface area (Å²) in [6, 6.07) is 11.5. The quantitative estimate of drug-likeness (QED) is 0.575. The predicted molar refractivity (Wildman–Crippen MR) is 95.0 cm³/mol. The summed E-state index contributed by atoms with van der Waals surface area (Å²) in [4.78, 5) is 38.1. The number of methoxy groups -OCH3 is 2. The molecule has 0 spiro atoms. The molecule has 2 aromatic carbocycles. The molecule has 0 aliphatic carbocycles. The van der Waals surface area contributed by atoms with Crippen LogP contribution in [0, 0.1) is 0 Å². The van der Waals surface area contributed by atoms with Crippen LogP contribution in [0.1, 0.15) is 32.2 Å². The smallest absolute Gasteiger partial charge is 0.261 e. The van der Waals surface area contributed by atoms with E-state index in [1.54, 1.807) is 42.5 Å². The monoisotopic (exact) mass is 373 g/mol. The largest absolute Gasteiger partial charge is 0.493 e. The summed E-state index contributed by atoms with van der Waals surface area (Å²) in [5.41, 5.74) is 1.18. The van der Waals surface area contributed by atoms with Gasteiger partial charge in [0, 0.05) is 6.54 Å². The van der Waals surface area contributed by atoms with Crippen molar-refractivity contribution < 1.29 is 23.9 Å². The molecule has 6 nitrogen and oxygen atoms in total. The molecule has 0 N–H and O–H groups in total. The highest BCUT2D eigenvalue weighted by Crippen LogP contribution is 2.33. The number of nitrogens with zero attached hydrogens (tertiary/aromatic N) is 1. The third-order valence-corrected chi connectivity index (χ3v) is 4.59. The van der Waals surface area contributed by atoms with Gasteiger partial charge in [0.05, 0.1) is 31.3 Å². The average molecular weight is 374 g/mol. The third kappa shape index (κ3) is 3.04. The lowest BCUT2D eigenvalue weighted by molar-refractivity contribution is -0.113. The predicted octanol–water partition coefficient (Wildman–Crippen LogP) is 2.85. The summed E-state index contributed by atoms with van der Waals surface area (Å²) in [6.07, 6.45) is 0. The Labute approximate surface area is 155 Å². The van der Waals surface area contributed by atoms with Crippen LogP contribution in [0.2, 0.25) is 0 Å². The van der Waals surface area contributed by atoms with E-state index in [1.165, 1.54) is 14.2 Å². The lowest BCUT2D eigenvalue weighted by Crippen LogP contribution is -2.35. The Morgan fingerprint density at radius 2 is 1.58 bits per heavy atom. The first-order valence-electron chi connectivity index (χ1n) is 7.84. The van der Waals surface area contributed by atoms with Crippen LogP contribution in [0.15, 0.2) is 42.5 Å². The molecule has 0 bridgehead atoms. The second-order valence-corrected chi connectivity index (χ2v) is 6.11. The molecule has 7 heteroatoms. The molecule has 1 atom stereocenters. The Hall–Kier alpha value is -2.86. The standard InChI is InChI=1S/C19H16ClNO5/c1-25-15-8-7-11(9-16(15)26-2)14(17(20)22)10-21-18(23)12-5-3-4-6-13(12)19(21)24/h3-9,14H,10H2,1-2H3. The Kier molecular flexibility index (Phi) is 4.95. The van der Waals surface area contributed by atoms with E-state index in [0.717, 1.165) is 4.90 Å². The fraction of sp³-hybridized carbons (Fsp3) is 0.211. The van der Waals surface area contributed by atoms with Crippen LogP contribution in [0.25, 0.3) is 0 Å². The molecule has 0 aromatic heterocycles. The van der Waals surface area contributed by atoms with Gasteiger partial charge in [-0.3, -0.25) is 19.3 Å². The number of benzene rings is 2. The van der Waals surface area contributed by atoms with E-state index < -0.39 is 23.0 Å². The van der Waals surface area contributed by atoms with E-state index in [-0.39, 0.29) is 6.54 Å². The summed E-state index contributed by atoms with van der Waals surface area (Å²) >= 11 is 5.77. The molecule has 3 rings (SSSR count). The molecular formula is C19H16ClNO5. The molecule has 1 heterocycles. The lowest BCUT2D eigenvalue weighted by atomic mass is 9.99. The molecule has 1 aliphatic heterocycles. The zero-order chi connectivity index (χ0) is 18.8. The van der Waals surface area contributed by atoms with Gasteiger partial charge in [-0.25, -0.2) is 0 Å². The first kappa shape index (κ1) is 17.9.